The van der Waals surface area contributed by atoms with Crippen LogP contribution in [0.1, 0.15) is 30.1 Å². The predicted molar refractivity (Wildman–Crippen MR) is 139 cm³/mol. The Kier molecular flexibility index (Phi) is 9.70. The van der Waals surface area contributed by atoms with E-state index in [9.17, 15) is 21.6 Å². The standard InChI is InChI=1S/C22H28N6O4S.C2HF3O2/c1-14-21(15(2)32-27-14)33(29,30)24-11-6-7-12-28-18(10-13-31-3)26-19-20(28)16-8-4-5-9-17(16)25-22(19)23;3-2(4,5)1(6)7/h4-5,8-9,24H,6-7,10-13H2,1-3H3,(H2,23,25);(H,6,7). The maximum atomic E-state index is 12.6. The van der Waals surface area contributed by atoms with Gasteiger partial charge in [-0.1, -0.05) is 23.4 Å². The van der Waals surface area contributed by atoms with Crippen molar-refractivity contribution in [3.63, 3.8) is 0 Å². The van der Waals surface area contributed by atoms with Gasteiger partial charge in [0.25, 0.3) is 0 Å². The summed E-state index contributed by atoms with van der Waals surface area (Å²) in [5.74, 6) is -1.21. The monoisotopic (exact) mass is 586 g/mol. The molecule has 12 nitrogen and oxygen atoms in total. The highest BCUT2D eigenvalue weighted by Crippen LogP contribution is 2.29. The molecule has 1 aromatic carbocycles. The fraction of sp³-hybridized carbons (Fsp3) is 0.417. The summed E-state index contributed by atoms with van der Waals surface area (Å²) in [6.45, 7) is 4.70. The molecule has 0 unspecified atom stereocenters. The third-order valence-electron chi connectivity index (χ3n) is 5.80. The molecule has 0 bridgehead atoms. The average Bonchev–Trinajstić information content (AvgIpc) is 3.42. The number of carbonyl (C=O) groups is 1. The number of aryl methyl sites for hydroxylation is 3. The van der Waals surface area contributed by atoms with Crippen molar-refractivity contribution < 1.29 is 40.8 Å². The van der Waals surface area contributed by atoms with E-state index < -0.39 is 22.2 Å². The molecule has 3 aromatic heterocycles. The molecule has 0 saturated carbocycles. The number of nitrogens with two attached hydrogens (primary N) is 1. The number of aromatic nitrogens is 4. The first-order valence-electron chi connectivity index (χ1n) is 12.0. The van der Waals surface area contributed by atoms with Crippen LogP contribution in [0.5, 0.6) is 0 Å². The van der Waals surface area contributed by atoms with Crippen LogP contribution >= 0.6 is 0 Å². The van der Waals surface area contributed by atoms with E-state index in [1.807, 2.05) is 24.3 Å². The Labute approximate surface area is 227 Å². The summed E-state index contributed by atoms with van der Waals surface area (Å²) in [5.41, 5.74) is 9.01. The number of methoxy groups -OCH3 is 1. The quantitative estimate of drug-likeness (QED) is 0.234. The maximum Gasteiger partial charge on any atom is 0.490 e. The lowest BCUT2D eigenvalue weighted by atomic mass is 10.2. The molecule has 16 heteroatoms. The van der Waals surface area contributed by atoms with Crippen molar-refractivity contribution in [2.45, 2.75) is 50.7 Å². The van der Waals surface area contributed by atoms with E-state index in [2.05, 4.69) is 19.4 Å². The molecule has 0 amide bonds. The fourth-order valence-corrected chi connectivity index (χ4v) is 5.46. The van der Waals surface area contributed by atoms with Crippen molar-refractivity contribution in [1.29, 1.82) is 0 Å². The van der Waals surface area contributed by atoms with Crippen LogP contribution in [0, 0.1) is 13.8 Å². The molecule has 0 aliphatic heterocycles. The number of anilines is 1. The van der Waals surface area contributed by atoms with E-state index in [4.69, 9.17) is 29.9 Å². The van der Waals surface area contributed by atoms with Gasteiger partial charge in [0.15, 0.2) is 11.6 Å². The zero-order valence-corrected chi connectivity index (χ0v) is 22.8. The Morgan fingerprint density at radius 3 is 2.48 bits per heavy atom. The number of aliphatic carboxylic acids is 1. The normalized spacial score (nSPS) is 12.1. The van der Waals surface area contributed by atoms with Crippen LogP contribution < -0.4 is 10.5 Å². The number of fused-ring (bicyclic) bond motifs is 3. The summed E-state index contributed by atoms with van der Waals surface area (Å²) in [6.07, 6.45) is -3.06. The number of benzene rings is 1. The Hall–Kier alpha value is -3.76. The molecule has 0 saturated heterocycles. The number of imidazole rings is 1. The van der Waals surface area contributed by atoms with E-state index in [-0.39, 0.29) is 10.7 Å². The molecule has 4 aromatic rings. The van der Waals surface area contributed by atoms with E-state index in [0.29, 0.717) is 49.6 Å². The van der Waals surface area contributed by atoms with Gasteiger partial charge in [0.05, 0.1) is 17.6 Å². The van der Waals surface area contributed by atoms with Gasteiger partial charge in [0, 0.05) is 32.0 Å². The number of hydrogen-bond acceptors (Lipinski definition) is 9. The van der Waals surface area contributed by atoms with Gasteiger partial charge in [-0.2, -0.15) is 13.2 Å². The molecule has 0 aliphatic carbocycles. The van der Waals surface area contributed by atoms with Crippen LogP contribution in [0.2, 0.25) is 0 Å². The topological polar surface area (TPSA) is 175 Å². The minimum atomic E-state index is -5.08. The molecule has 0 atom stereocenters. The van der Waals surface area contributed by atoms with Gasteiger partial charge in [-0.3, -0.25) is 0 Å². The maximum absolute atomic E-state index is 12.6. The number of nitrogens with zero attached hydrogens (tertiary/aromatic N) is 4. The average molecular weight is 587 g/mol. The number of para-hydroxylation sites is 1. The Morgan fingerprint density at radius 2 is 1.88 bits per heavy atom. The first kappa shape index (κ1) is 30.8. The SMILES string of the molecule is COCCc1nc2c(N)nc3ccccc3c2n1CCCCNS(=O)(=O)c1c(C)noc1C.O=C(O)C(F)(F)F. The Balaban J connectivity index is 0.000000559. The van der Waals surface area contributed by atoms with Gasteiger partial charge in [-0.25, -0.2) is 27.9 Å². The van der Waals surface area contributed by atoms with Crippen LogP contribution in [-0.4, -0.2) is 65.6 Å². The summed E-state index contributed by atoms with van der Waals surface area (Å²) >= 11 is 0. The number of carboxylic acids is 1. The number of nitrogens with one attached hydrogen (secondary N) is 1. The predicted octanol–water partition coefficient (Wildman–Crippen LogP) is 3.35. The molecular formula is C24H29F3N6O6S. The second kappa shape index (κ2) is 12.6. The minimum Gasteiger partial charge on any atom is -0.475 e. The number of rotatable bonds is 10. The van der Waals surface area contributed by atoms with E-state index >= 15 is 0 Å². The first-order chi connectivity index (χ1) is 18.8. The number of nitrogen functional groups attached to an aromatic ring is 1. The van der Waals surface area contributed by atoms with Gasteiger partial charge >= 0.3 is 12.1 Å². The lowest BCUT2D eigenvalue weighted by Crippen LogP contribution is -2.26. The number of hydrogen-bond donors (Lipinski definition) is 3. The molecule has 0 spiro atoms. The highest BCUT2D eigenvalue weighted by Gasteiger charge is 2.38. The van der Waals surface area contributed by atoms with E-state index in [1.165, 1.54) is 0 Å². The summed E-state index contributed by atoms with van der Waals surface area (Å²) < 4.78 is 72.0. The third-order valence-corrected chi connectivity index (χ3v) is 7.50. The van der Waals surface area contributed by atoms with Gasteiger partial charge in [0.1, 0.15) is 21.9 Å². The fourth-order valence-electron chi connectivity index (χ4n) is 4.06. The zero-order valence-electron chi connectivity index (χ0n) is 21.9. The second-order valence-electron chi connectivity index (χ2n) is 8.69. The van der Waals surface area contributed by atoms with Crippen LogP contribution in [-0.2, 0) is 32.5 Å². The molecule has 4 rings (SSSR count). The largest absolute Gasteiger partial charge is 0.490 e. The summed E-state index contributed by atoms with van der Waals surface area (Å²) in [6, 6.07) is 7.84. The van der Waals surface area contributed by atoms with Gasteiger partial charge in [0.2, 0.25) is 10.0 Å². The number of alkyl halides is 3. The number of carboxylic acid groups (broad SMARTS) is 1. The molecule has 218 valence electrons. The lowest BCUT2D eigenvalue weighted by Gasteiger charge is -2.11. The first-order valence-corrected chi connectivity index (χ1v) is 13.5. The molecular weight excluding hydrogens is 557 g/mol. The molecule has 0 radical (unpaired) electrons. The third kappa shape index (κ3) is 7.05. The number of halogens is 3. The van der Waals surface area contributed by atoms with Crippen molar-refractivity contribution in [3.8, 4) is 0 Å². The minimum absolute atomic E-state index is 0.111. The van der Waals surface area contributed by atoms with Crippen molar-refractivity contribution in [2.24, 2.45) is 0 Å². The van der Waals surface area contributed by atoms with Crippen LogP contribution in [0.15, 0.2) is 33.7 Å². The number of sulfonamides is 1. The Bertz CT molecular complexity index is 1580. The summed E-state index contributed by atoms with van der Waals surface area (Å²) in [4.78, 5) is 18.3. The van der Waals surface area contributed by atoms with Crippen LogP contribution in [0.4, 0.5) is 19.0 Å². The molecule has 3 heterocycles. The van der Waals surface area contributed by atoms with Gasteiger partial charge in [-0.05, 0) is 32.8 Å². The Morgan fingerprint density at radius 1 is 1.20 bits per heavy atom. The zero-order chi connectivity index (χ0) is 29.7. The molecule has 40 heavy (non-hydrogen) atoms. The number of ether oxygens (including phenoxy) is 1. The van der Waals surface area contributed by atoms with Crippen molar-refractivity contribution in [3.05, 3.63) is 41.5 Å². The summed E-state index contributed by atoms with van der Waals surface area (Å²) in [5, 5.41) is 11.8. The van der Waals surface area contributed by atoms with Crippen LogP contribution in [0.25, 0.3) is 21.9 Å². The van der Waals surface area contributed by atoms with Crippen LogP contribution in [0.3, 0.4) is 0 Å². The van der Waals surface area contributed by atoms with Crippen molar-refractivity contribution in [1.82, 2.24) is 24.4 Å². The lowest BCUT2D eigenvalue weighted by molar-refractivity contribution is -0.192. The van der Waals surface area contributed by atoms with Gasteiger partial charge in [-0.15, -0.1) is 0 Å². The van der Waals surface area contributed by atoms with Gasteiger partial charge < -0.3 is 24.7 Å². The highest BCUT2D eigenvalue weighted by molar-refractivity contribution is 7.89. The number of unbranched alkanes of at least 4 members (excludes halogenated alkanes) is 1. The van der Waals surface area contributed by atoms with E-state index in [1.54, 1.807) is 21.0 Å². The second-order valence-corrected chi connectivity index (χ2v) is 10.4. The summed E-state index contributed by atoms with van der Waals surface area (Å²) in [7, 11) is -2.01. The molecule has 0 aliphatic rings. The molecule has 4 N–H and O–H groups in total. The van der Waals surface area contributed by atoms with E-state index in [0.717, 1.165) is 28.7 Å². The molecule has 0 fully saturated rings. The highest BCUT2D eigenvalue weighted by atomic mass is 32.2. The smallest absolute Gasteiger partial charge is 0.475 e. The van der Waals surface area contributed by atoms with Crippen molar-refractivity contribution >= 4 is 43.7 Å². The number of pyridine rings is 1. The van der Waals surface area contributed by atoms with Crippen molar-refractivity contribution in [2.75, 3.05) is 26.0 Å².